The van der Waals surface area contributed by atoms with Crippen LogP contribution in [0.15, 0.2) is 59.0 Å². The van der Waals surface area contributed by atoms with Gasteiger partial charge in [0.05, 0.1) is 6.54 Å². The van der Waals surface area contributed by atoms with Crippen LogP contribution in [0.2, 0.25) is 0 Å². The van der Waals surface area contributed by atoms with Crippen LogP contribution in [0.4, 0.5) is 0 Å². The molecule has 0 fully saturated rings. The summed E-state index contributed by atoms with van der Waals surface area (Å²) in [6, 6.07) is 4.12. The Morgan fingerprint density at radius 2 is 2.22 bits per heavy atom. The van der Waals surface area contributed by atoms with Crippen LogP contribution in [-0.4, -0.2) is 17.0 Å². The summed E-state index contributed by atoms with van der Waals surface area (Å²) in [4.78, 5) is 20.7. The number of ketones is 1. The Kier molecular flexibility index (Phi) is 6.48. The third kappa shape index (κ3) is 5.33. The Morgan fingerprint density at radius 3 is 2.78 bits per heavy atom. The lowest BCUT2D eigenvalue weighted by Gasteiger charge is -2.14. The smallest absolute Gasteiger partial charge is 0.159 e. The van der Waals surface area contributed by atoms with Gasteiger partial charge in [-0.15, -0.1) is 0 Å². The van der Waals surface area contributed by atoms with E-state index in [1.54, 1.807) is 18.4 Å². The van der Waals surface area contributed by atoms with Gasteiger partial charge in [0.2, 0.25) is 0 Å². The number of carbonyl (C=O) groups excluding carboxylic acids is 1. The van der Waals surface area contributed by atoms with Crippen molar-refractivity contribution in [1.82, 2.24) is 10.3 Å². The summed E-state index contributed by atoms with van der Waals surface area (Å²) < 4.78 is 0. The molecule has 4 heteroatoms. The number of allylic oxidation sites excluding steroid dienone is 4. The zero-order valence-corrected chi connectivity index (χ0v) is 13.7. The molecule has 1 aliphatic rings. The third-order valence-electron chi connectivity index (χ3n) is 3.47. The van der Waals surface area contributed by atoms with Crippen molar-refractivity contribution >= 4 is 12.0 Å². The van der Waals surface area contributed by atoms with Crippen LogP contribution in [-0.2, 0) is 17.8 Å². The van der Waals surface area contributed by atoms with E-state index >= 15 is 0 Å². The minimum atomic E-state index is 0.0779. The maximum Gasteiger partial charge on any atom is 0.159 e. The molecule has 0 amide bonds. The largest absolute Gasteiger partial charge is 0.361 e. The molecule has 23 heavy (non-hydrogen) atoms. The van der Waals surface area contributed by atoms with Gasteiger partial charge in [-0.25, -0.2) is 0 Å². The molecule has 0 spiro atoms. The van der Waals surface area contributed by atoms with Crippen LogP contribution in [0.3, 0.4) is 0 Å². The van der Waals surface area contributed by atoms with Gasteiger partial charge in [0.1, 0.15) is 0 Å². The van der Waals surface area contributed by atoms with Gasteiger partial charge < -0.3 is 5.32 Å². The molecular formula is C19H23N3O. The summed E-state index contributed by atoms with van der Waals surface area (Å²) in [6.45, 7) is 4.56. The minimum absolute atomic E-state index is 0.0779. The molecule has 0 saturated heterocycles. The fraction of sp³-hybridized carbons (Fsp3) is 0.316. The molecule has 1 aliphatic heterocycles. The number of nitrogens with zero attached hydrogens (tertiary/aromatic N) is 2. The number of nitrogens with one attached hydrogen (secondary N) is 1. The average molecular weight is 309 g/mol. The number of aliphatic imine (C=N–C) groups is 1. The molecule has 120 valence electrons. The van der Waals surface area contributed by atoms with Gasteiger partial charge in [-0.05, 0) is 37.1 Å². The van der Waals surface area contributed by atoms with E-state index in [1.165, 1.54) is 0 Å². The second kappa shape index (κ2) is 8.83. The number of pyridine rings is 1. The summed E-state index contributed by atoms with van der Waals surface area (Å²) >= 11 is 0. The molecule has 0 saturated carbocycles. The highest BCUT2D eigenvalue weighted by Gasteiger charge is 2.09. The molecule has 1 aromatic rings. The quantitative estimate of drug-likeness (QED) is 0.590. The highest BCUT2D eigenvalue weighted by Crippen LogP contribution is 2.13. The fourth-order valence-electron chi connectivity index (χ4n) is 2.22. The Hall–Kier alpha value is -2.49. The van der Waals surface area contributed by atoms with Crippen molar-refractivity contribution in [3.8, 4) is 0 Å². The predicted octanol–water partition coefficient (Wildman–Crippen LogP) is 3.51. The number of hydrogen-bond donors (Lipinski definition) is 1. The highest BCUT2D eigenvalue weighted by molar-refractivity contribution is 5.97. The Bertz CT molecular complexity index is 652. The number of aromatic nitrogens is 1. The van der Waals surface area contributed by atoms with E-state index in [1.807, 2.05) is 25.4 Å². The molecule has 0 atom stereocenters. The van der Waals surface area contributed by atoms with Gasteiger partial charge in [-0.3, -0.25) is 14.8 Å². The second-order valence-corrected chi connectivity index (χ2v) is 5.44. The molecule has 2 heterocycles. The van der Waals surface area contributed by atoms with E-state index in [9.17, 15) is 4.79 Å². The van der Waals surface area contributed by atoms with E-state index in [4.69, 9.17) is 0 Å². The normalized spacial score (nSPS) is 15.7. The van der Waals surface area contributed by atoms with Crippen molar-refractivity contribution in [2.75, 3.05) is 0 Å². The number of aryl methyl sites for hydroxylation is 1. The maximum atomic E-state index is 11.8. The van der Waals surface area contributed by atoms with Gasteiger partial charge in [-0.2, -0.15) is 0 Å². The Balaban J connectivity index is 1.98. The lowest BCUT2D eigenvalue weighted by atomic mass is 10.1. The topological polar surface area (TPSA) is 54.4 Å². The number of rotatable bonds is 8. The van der Waals surface area contributed by atoms with Crippen molar-refractivity contribution in [3.63, 3.8) is 0 Å². The maximum absolute atomic E-state index is 11.8. The third-order valence-corrected chi connectivity index (χ3v) is 3.47. The molecule has 1 aromatic heterocycles. The summed E-state index contributed by atoms with van der Waals surface area (Å²) in [6.07, 6.45) is 13.3. The van der Waals surface area contributed by atoms with Crippen molar-refractivity contribution in [2.24, 2.45) is 4.99 Å². The van der Waals surface area contributed by atoms with Gasteiger partial charge in [-0.1, -0.05) is 25.5 Å². The SMILES string of the molecule is CC=CC(=O)CC(C=NCc1ccc(CCC)nc1)=C1C=CN1. The molecule has 0 radical (unpaired) electrons. The number of hydrogen-bond acceptors (Lipinski definition) is 4. The molecule has 0 bridgehead atoms. The monoisotopic (exact) mass is 309 g/mol. The molecular weight excluding hydrogens is 286 g/mol. The second-order valence-electron chi connectivity index (χ2n) is 5.44. The predicted molar refractivity (Wildman–Crippen MR) is 94.2 cm³/mol. The van der Waals surface area contributed by atoms with E-state index in [2.05, 4.69) is 34.3 Å². The van der Waals surface area contributed by atoms with E-state index < -0.39 is 0 Å². The van der Waals surface area contributed by atoms with Gasteiger partial charge in [0, 0.05) is 42.0 Å². The molecule has 2 rings (SSSR count). The van der Waals surface area contributed by atoms with Crippen LogP contribution in [0.1, 0.15) is 37.9 Å². The van der Waals surface area contributed by atoms with Gasteiger partial charge >= 0.3 is 0 Å². The van der Waals surface area contributed by atoms with Gasteiger partial charge in [0.25, 0.3) is 0 Å². The highest BCUT2D eigenvalue weighted by atomic mass is 16.1. The standard InChI is InChI=1S/C19H23N3O/c1-3-5-17-8-7-15(13-22-17)12-20-14-16(19-9-10-21-19)11-18(23)6-4-2/h4,6-10,13-14,21H,3,5,11-12H2,1-2H3. The summed E-state index contributed by atoms with van der Waals surface area (Å²) in [5.41, 5.74) is 4.06. The van der Waals surface area contributed by atoms with Crippen molar-refractivity contribution in [1.29, 1.82) is 0 Å². The molecule has 4 nitrogen and oxygen atoms in total. The van der Waals surface area contributed by atoms with Crippen LogP contribution < -0.4 is 5.32 Å². The van der Waals surface area contributed by atoms with Crippen molar-refractivity contribution in [2.45, 2.75) is 39.7 Å². The molecule has 0 aromatic carbocycles. The van der Waals surface area contributed by atoms with Crippen molar-refractivity contribution in [3.05, 3.63) is 65.3 Å². The lowest BCUT2D eigenvalue weighted by Crippen LogP contribution is -2.16. The molecule has 1 N–H and O–H groups in total. The molecule has 0 aliphatic carbocycles. The first-order valence-corrected chi connectivity index (χ1v) is 7.98. The Morgan fingerprint density at radius 1 is 1.39 bits per heavy atom. The van der Waals surface area contributed by atoms with E-state index in [-0.39, 0.29) is 5.78 Å². The van der Waals surface area contributed by atoms with Gasteiger partial charge in [0.15, 0.2) is 5.78 Å². The zero-order chi connectivity index (χ0) is 16.5. The van der Waals surface area contributed by atoms with Crippen LogP contribution in [0, 0.1) is 0 Å². The first kappa shape index (κ1) is 16.9. The first-order chi connectivity index (χ1) is 11.2. The molecule has 0 unspecified atom stereocenters. The van der Waals surface area contributed by atoms with Crippen molar-refractivity contribution < 1.29 is 4.79 Å². The first-order valence-electron chi connectivity index (χ1n) is 7.98. The van der Waals surface area contributed by atoms with E-state index in [0.29, 0.717) is 13.0 Å². The fourth-order valence-corrected chi connectivity index (χ4v) is 2.22. The van der Waals surface area contributed by atoms with Crippen LogP contribution >= 0.6 is 0 Å². The minimum Gasteiger partial charge on any atom is -0.361 e. The average Bonchev–Trinajstić information content (AvgIpc) is 2.47. The number of carbonyl (C=O) groups is 1. The Labute approximate surface area is 137 Å². The van der Waals surface area contributed by atoms with Crippen LogP contribution in [0.5, 0.6) is 0 Å². The zero-order valence-electron chi connectivity index (χ0n) is 13.7. The summed E-state index contributed by atoms with van der Waals surface area (Å²) in [5.74, 6) is 0.0779. The summed E-state index contributed by atoms with van der Waals surface area (Å²) in [5, 5.41) is 3.08. The lowest BCUT2D eigenvalue weighted by molar-refractivity contribution is -0.113. The summed E-state index contributed by atoms with van der Waals surface area (Å²) in [7, 11) is 0. The van der Waals surface area contributed by atoms with Crippen LogP contribution in [0.25, 0.3) is 0 Å². The van der Waals surface area contributed by atoms with E-state index in [0.717, 1.165) is 35.4 Å².